The minimum atomic E-state index is 0.000839. The minimum absolute atomic E-state index is 0.000839. The van der Waals surface area contributed by atoms with Crippen molar-refractivity contribution in [1.29, 1.82) is 0 Å². The van der Waals surface area contributed by atoms with E-state index in [0.717, 1.165) is 17.8 Å². The van der Waals surface area contributed by atoms with Crippen LogP contribution in [0.15, 0.2) is 24.5 Å². The summed E-state index contributed by atoms with van der Waals surface area (Å²) in [7, 11) is 1.91. The Hall–Kier alpha value is -1.66. The number of rotatable bonds is 5. The first-order chi connectivity index (χ1) is 10.3. The predicted octanol–water partition coefficient (Wildman–Crippen LogP) is 1.87. The van der Waals surface area contributed by atoms with Crippen LogP contribution in [0.2, 0.25) is 0 Å². The number of nitrogens with two attached hydrogens (primary N) is 1. The quantitative estimate of drug-likeness (QED) is 0.650. The van der Waals surface area contributed by atoms with Gasteiger partial charge in [0.25, 0.3) is 0 Å². The van der Waals surface area contributed by atoms with Gasteiger partial charge in [-0.05, 0) is 25.0 Å². The molecule has 0 amide bonds. The summed E-state index contributed by atoms with van der Waals surface area (Å²) in [6, 6.07) is 4.66. The normalized spacial score (nSPS) is 18.0. The molecular weight excluding hydrogens is 264 g/mol. The molecule has 0 aromatic carbocycles. The molecule has 6 heteroatoms. The molecule has 1 saturated carbocycles. The van der Waals surface area contributed by atoms with E-state index in [1.54, 1.807) is 4.68 Å². The fourth-order valence-electron chi connectivity index (χ4n) is 3.11. The Morgan fingerprint density at radius 1 is 1.24 bits per heavy atom. The lowest BCUT2D eigenvalue weighted by Gasteiger charge is -2.21. The van der Waals surface area contributed by atoms with Gasteiger partial charge in [-0.3, -0.25) is 20.6 Å². The van der Waals surface area contributed by atoms with Crippen molar-refractivity contribution in [2.24, 2.45) is 12.9 Å². The number of nitrogens with one attached hydrogen (secondary N) is 1. The molecule has 0 bridgehead atoms. The molecule has 1 fully saturated rings. The highest BCUT2D eigenvalue weighted by molar-refractivity contribution is 5.11. The van der Waals surface area contributed by atoms with Gasteiger partial charge in [0, 0.05) is 25.9 Å². The zero-order valence-corrected chi connectivity index (χ0v) is 12.6. The van der Waals surface area contributed by atoms with Crippen LogP contribution in [0, 0.1) is 0 Å². The summed E-state index contributed by atoms with van der Waals surface area (Å²) >= 11 is 0. The Kier molecular flexibility index (Phi) is 4.36. The number of hydrogen-bond acceptors (Lipinski definition) is 4. The van der Waals surface area contributed by atoms with Crippen molar-refractivity contribution < 1.29 is 0 Å². The molecule has 21 heavy (non-hydrogen) atoms. The highest BCUT2D eigenvalue weighted by Gasteiger charge is 2.18. The van der Waals surface area contributed by atoms with Crippen LogP contribution in [0.5, 0.6) is 0 Å². The van der Waals surface area contributed by atoms with Crippen LogP contribution in [0.25, 0.3) is 0 Å². The van der Waals surface area contributed by atoms with Crippen LogP contribution < -0.4 is 11.3 Å². The first kappa shape index (κ1) is 14.3. The summed E-state index contributed by atoms with van der Waals surface area (Å²) < 4.78 is 3.93. The molecule has 2 aromatic rings. The van der Waals surface area contributed by atoms with Crippen LogP contribution in [-0.4, -0.2) is 19.6 Å². The molecule has 1 atom stereocenters. The fourth-order valence-corrected chi connectivity index (χ4v) is 3.11. The van der Waals surface area contributed by atoms with Gasteiger partial charge in [0.1, 0.15) is 0 Å². The largest absolute Gasteiger partial charge is 0.275 e. The maximum atomic E-state index is 5.68. The van der Waals surface area contributed by atoms with Gasteiger partial charge < -0.3 is 0 Å². The van der Waals surface area contributed by atoms with Crippen LogP contribution in [0.4, 0.5) is 0 Å². The molecule has 1 aliphatic carbocycles. The molecule has 114 valence electrons. The molecule has 6 nitrogen and oxygen atoms in total. The van der Waals surface area contributed by atoms with Gasteiger partial charge in [-0.1, -0.05) is 19.3 Å². The van der Waals surface area contributed by atoms with Crippen molar-refractivity contribution in [3.8, 4) is 0 Å². The Morgan fingerprint density at radius 3 is 2.71 bits per heavy atom. The standard InChI is InChI=1S/C15H24N6/c1-20-9-8-14(19-20)15(17-16)11-12-7-10-21(18-12)13-5-3-2-4-6-13/h7-10,13,15,17H,2-6,11,16H2,1H3. The lowest BCUT2D eigenvalue weighted by Crippen LogP contribution is -2.30. The summed E-state index contributed by atoms with van der Waals surface area (Å²) in [5.74, 6) is 5.68. The second kappa shape index (κ2) is 6.41. The third kappa shape index (κ3) is 3.33. The number of aromatic nitrogens is 4. The molecule has 2 aromatic heterocycles. The monoisotopic (exact) mass is 288 g/mol. The second-order valence-corrected chi connectivity index (χ2v) is 5.92. The molecule has 2 heterocycles. The van der Waals surface area contributed by atoms with Crippen molar-refractivity contribution in [3.05, 3.63) is 35.9 Å². The minimum Gasteiger partial charge on any atom is -0.275 e. The Balaban J connectivity index is 1.68. The molecule has 3 N–H and O–H groups in total. The Morgan fingerprint density at radius 2 is 2.05 bits per heavy atom. The van der Waals surface area contributed by atoms with E-state index in [9.17, 15) is 0 Å². The number of hydrazine groups is 1. The maximum absolute atomic E-state index is 5.68. The van der Waals surface area contributed by atoms with Gasteiger partial charge in [0.2, 0.25) is 0 Å². The maximum Gasteiger partial charge on any atom is 0.0811 e. The highest BCUT2D eigenvalue weighted by Crippen LogP contribution is 2.27. The average molecular weight is 288 g/mol. The number of hydrogen-bond donors (Lipinski definition) is 2. The molecule has 0 saturated heterocycles. The zero-order valence-electron chi connectivity index (χ0n) is 12.6. The summed E-state index contributed by atoms with van der Waals surface area (Å²) in [5, 5.41) is 9.15. The molecule has 1 unspecified atom stereocenters. The summed E-state index contributed by atoms with van der Waals surface area (Å²) in [6.07, 6.45) is 11.3. The van der Waals surface area contributed by atoms with Crippen LogP contribution >= 0.6 is 0 Å². The zero-order chi connectivity index (χ0) is 14.7. The number of aryl methyl sites for hydroxylation is 1. The first-order valence-electron chi connectivity index (χ1n) is 7.76. The van der Waals surface area contributed by atoms with E-state index in [-0.39, 0.29) is 6.04 Å². The van der Waals surface area contributed by atoms with E-state index in [1.165, 1.54) is 32.1 Å². The lowest BCUT2D eigenvalue weighted by molar-refractivity contribution is 0.327. The van der Waals surface area contributed by atoms with Gasteiger partial charge in [-0.15, -0.1) is 0 Å². The highest BCUT2D eigenvalue weighted by atomic mass is 15.3. The predicted molar refractivity (Wildman–Crippen MR) is 81.3 cm³/mol. The molecule has 0 spiro atoms. The van der Waals surface area contributed by atoms with Crippen molar-refractivity contribution in [3.63, 3.8) is 0 Å². The lowest BCUT2D eigenvalue weighted by atomic mass is 9.96. The van der Waals surface area contributed by atoms with Gasteiger partial charge in [0.05, 0.1) is 23.5 Å². The van der Waals surface area contributed by atoms with Crippen LogP contribution in [0.1, 0.15) is 55.6 Å². The third-order valence-electron chi connectivity index (χ3n) is 4.32. The first-order valence-corrected chi connectivity index (χ1v) is 7.76. The molecule has 0 radical (unpaired) electrons. The average Bonchev–Trinajstić information content (AvgIpc) is 3.15. The summed E-state index contributed by atoms with van der Waals surface area (Å²) in [6.45, 7) is 0. The van der Waals surface area contributed by atoms with E-state index in [0.29, 0.717) is 6.04 Å². The smallest absolute Gasteiger partial charge is 0.0811 e. The van der Waals surface area contributed by atoms with Gasteiger partial charge >= 0.3 is 0 Å². The topological polar surface area (TPSA) is 73.7 Å². The van der Waals surface area contributed by atoms with E-state index in [1.807, 2.05) is 19.3 Å². The molecule has 1 aliphatic rings. The van der Waals surface area contributed by atoms with Crippen LogP contribution in [-0.2, 0) is 13.5 Å². The number of nitrogens with zero attached hydrogens (tertiary/aromatic N) is 4. The second-order valence-electron chi connectivity index (χ2n) is 5.92. The van der Waals surface area contributed by atoms with E-state index >= 15 is 0 Å². The molecule has 3 rings (SSSR count). The van der Waals surface area contributed by atoms with E-state index in [2.05, 4.69) is 27.5 Å². The fraction of sp³-hybridized carbons (Fsp3) is 0.600. The Bertz CT molecular complexity index is 566. The van der Waals surface area contributed by atoms with Gasteiger partial charge in [-0.2, -0.15) is 10.2 Å². The van der Waals surface area contributed by atoms with Crippen molar-refractivity contribution in [1.82, 2.24) is 25.0 Å². The van der Waals surface area contributed by atoms with Crippen molar-refractivity contribution >= 4 is 0 Å². The van der Waals surface area contributed by atoms with E-state index in [4.69, 9.17) is 10.9 Å². The summed E-state index contributed by atoms with van der Waals surface area (Å²) in [5.41, 5.74) is 4.86. The van der Waals surface area contributed by atoms with Crippen molar-refractivity contribution in [2.45, 2.75) is 50.6 Å². The molecule has 0 aliphatic heterocycles. The van der Waals surface area contributed by atoms with E-state index < -0.39 is 0 Å². The van der Waals surface area contributed by atoms with Crippen LogP contribution in [0.3, 0.4) is 0 Å². The molecular formula is C15H24N6. The van der Waals surface area contributed by atoms with Crippen molar-refractivity contribution in [2.75, 3.05) is 0 Å². The SMILES string of the molecule is Cn1ccc(C(Cc2ccn(C3CCCCC3)n2)NN)n1. The van der Waals surface area contributed by atoms with Gasteiger partial charge in [-0.25, -0.2) is 0 Å². The van der Waals surface area contributed by atoms with Gasteiger partial charge in [0.15, 0.2) is 0 Å². The summed E-state index contributed by atoms with van der Waals surface area (Å²) in [4.78, 5) is 0. The Labute approximate surface area is 125 Å². The third-order valence-corrected chi connectivity index (χ3v) is 4.32.